The number of anilines is 1. The number of aryl methyl sites for hydroxylation is 1. The number of aromatic nitrogens is 1. The summed E-state index contributed by atoms with van der Waals surface area (Å²) in [5.41, 5.74) is 7.54. The highest BCUT2D eigenvalue weighted by Crippen LogP contribution is 2.18. The second-order valence-corrected chi connectivity index (χ2v) is 5.08. The zero-order valence-electron chi connectivity index (χ0n) is 10.7. The molecule has 2 aromatic rings. The molecule has 6 heteroatoms. The van der Waals surface area contributed by atoms with Gasteiger partial charge in [-0.15, -0.1) is 0 Å². The summed E-state index contributed by atoms with van der Waals surface area (Å²) in [4.78, 5) is 15.9. The Balaban J connectivity index is 2.08. The van der Waals surface area contributed by atoms with Crippen LogP contribution in [0.15, 0.2) is 34.9 Å². The minimum absolute atomic E-state index is 0.0476. The van der Waals surface area contributed by atoms with Crippen molar-refractivity contribution >= 4 is 27.6 Å². The van der Waals surface area contributed by atoms with Gasteiger partial charge in [0.1, 0.15) is 12.4 Å². The zero-order chi connectivity index (χ0) is 14.7. The number of nitrogens with two attached hydrogens (primary N) is 1. The molecule has 0 aliphatic carbocycles. The van der Waals surface area contributed by atoms with E-state index in [-0.39, 0.29) is 12.4 Å². The van der Waals surface area contributed by atoms with E-state index in [4.69, 9.17) is 10.5 Å². The van der Waals surface area contributed by atoms with E-state index in [0.717, 1.165) is 0 Å². The lowest BCUT2D eigenvalue weighted by Gasteiger charge is -2.08. The predicted molar refractivity (Wildman–Crippen MR) is 76.6 cm³/mol. The number of nitrogen functional groups attached to an aromatic ring is 1. The van der Waals surface area contributed by atoms with Gasteiger partial charge in [-0.1, -0.05) is 6.07 Å². The average molecular weight is 339 g/mol. The van der Waals surface area contributed by atoms with E-state index in [1.54, 1.807) is 19.1 Å². The van der Waals surface area contributed by atoms with Crippen LogP contribution in [0, 0.1) is 12.7 Å². The maximum absolute atomic E-state index is 13.1. The van der Waals surface area contributed by atoms with E-state index in [1.807, 2.05) is 0 Å². The Bertz CT molecular complexity index is 662. The molecule has 0 saturated heterocycles. The van der Waals surface area contributed by atoms with Crippen molar-refractivity contribution in [2.45, 2.75) is 13.5 Å². The summed E-state index contributed by atoms with van der Waals surface area (Å²) in [5.74, 6) is -0.876. The van der Waals surface area contributed by atoms with E-state index in [9.17, 15) is 9.18 Å². The Kier molecular flexibility index (Phi) is 4.34. The molecule has 0 spiro atoms. The Morgan fingerprint density at radius 2 is 2.20 bits per heavy atom. The van der Waals surface area contributed by atoms with Gasteiger partial charge in [0.15, 0.2) is 0 Å². The Hall–Kier alpha value is -1.95. The third-order valence-corrected chi connectivity index (χ3v) is 3.29. The minimum atomic E-state index is -0.511. The molecule has 1 heterocycles. The molecule has 1 aromatic carbocycles. The molecule has 2 rings (SSSR count). The first-order chi connectivity index (χ1) is 9.47. The van der Waals surface area contributed by atoms with Gasteiger partial charge >= 0.3 is 5.97 Å². The number of pyridine rings is 1. The number of benzene rings is 1. The summed E-state index contributed by atoms with van der Waals surface area (Å²) >= 11 is 3.08. The van der Waals surface area contributed by atoms with Crippen LogP contribution >= 0.6 is 15.9 Å². The van der Waals surface area contributed by atoms with Gasteiger partial charge in [0, 0.05) is 0 Å². The quantitative estimate of drug-likeness (QED) is 0.872. The largest absolute Gasteiger partial charge is 0.457 e. The summed E-state index contributed by atoms with van der Waals surface area (Å²) in [6.45, 7) is 1.75. The standard InChI is InChI=1S/C14H12BrFN2O2/c1-8-11(5-10(17)6-18-8)14(19)20-7-9-2-3-13(16)12(15)4-9/h2-6H,7,17H2,1H3. The van der Waals surface area contributed by atoms with Gasteiger partial charge in [-0.2, -0.15) is 0 Å². The molecule has 4 nitrogen and oxygen atoms in total. The van der Waals surface area contributed by atoms with Crippen molar-refractivity contribution in [1.82, 2.24) is 4.98 Å². The van der Waals surface area contributed by atoms with E-state index >= 15 is 0 Å². The van der Waals surface area contributed by atoms with Crippen LogP contribution in [0.2, 0.25) is 0 Å². The zero-order valence-corrected chi connectivity index (χ0v) is 12.3. The molecule has 0 radical (unpaired) electrons. The molecular formula is C14H12BrFN2O2. The highest BCUT2D eigenvalue weighted by molar-refractivity contribution is 9.10. The van der Waals surface area contributed by atoms with Crippen molar-refractivity contribution < 1.29 is 13.9 Å². The third kappa shape index (κ3) is 3.33. The number of carbonyl (C=O) groups excluding carboxylic acids is 1. The number of nitrogens with zero attached hydrogens (tertiary/aromatic N) is 1. The first kappa shape index (κ1) is 14.5. The lowest BCUT2D eigenvalue weighted by atomic mass is 10.2. The molecule has 0 amide bonds. The Labute approximate surface area is 123 Å². The van der Waals surface area contributed by atoms with Crippen molar-refractivity contribution in [3.8, 4) is 0 Å². The lowest BCUT2D eigenvalue weighted by molar-refractivity contribution is 0.0471. The van der Waals surface area contributed by atoms with E-state index in [2.05, 4.69) is 20.9 Å². The van der Waals surface area contributed by atoms with Crippen LogP contribution in [0.25, 0.3) is 0 Å². The Morgan fingerprint density at radius 1 is 1.45 bits per heavy atom. The smallest absolute Gasteiger partial charge is 0.340 e. The number of rotatable bonds is 3. The highest BCUT2D eigenvalue weighted by atomic mass is 79.9. The number of ether oxygens (including phenoxy) is 1. The second kappa shape index (κ2) is 6.00. The number of carbonyl (C=O) groups is 1. The van der Waals surface area contributed by atoms with Crippen LogP contribution in [0.4, 0.5) is 10.1 Å². The molecule has 0 fully saturated rings. The van der Waals surface area contributed by atoms with Crippen LogP contribution in [0.1, 0.15) is 21.6 Å². The van der Waals surface area contributed by atoms with Crippen LogP contribution in [0.3, 0.4) is 0 Å². The number of hydrogen-bond acceptors (Lipinski definition) is 4. The molecule has 1 aromatic heterocycles. The number of halogens is 2. The van der Waals surface area contributed by atoms with E-state index in [1.165, 1.54) is 18.3 Å². The van der Waals surface area contributed by atoms with Gasteiger partial charge in [-0.3, -0.25) is 4.98 Å². The van der Waals surface area contributed by atoms with Crippen LogP contribution in [0.5, 0.6) is 0 Å². The third-order valence-electron chi connectivity index (χ3n) is 2.68. The first-order valence-corrected chi connectivity index (χ1v) is 6.60. The molecule has 0 aliphatic rings. The fourth-order valence-electron chi connectivity index (χ4n) is 1.61. The van der Waals surface area contributed by atoms with Crippen LogP contribution < -0.4 is 5.73 Å². The SMILES string of the molecule is Cc1ncc(N)cc1C(=O)OCc1ccc(F)c(Br)c1. The van der Waals surface area contributed by atoms with Gasteiger partial charge < -0.3 is 10.5 Å². The normalized spacial score (nSPS) is 10.3. The molecular weight excluding hydrogens is 327 g/mol. The van der Waals surface area contributed by atoms with E-state index in [0.29, 0.717) is 27.0 Å². The molecule has 20 heavy (non-hydrogen) atoms. The van der Waals surface area contributed by atoms with Crippen molar-refractivity contribution in [2.24, 2.45) is 0 Å². The monoisotopic (exact) mass is 338 g/mol. The van der Waals surface area contributed by atoms with Crippen molar-refractivity contribution in [1.29, 1.82) is 0 Å². The Morgan fingerprint density at radius 3 is 2.90 bits per heavy atom. The lowest BCUT2D eigenvalue weighted by Crippen LogP contribution is -2.09. The average Bonchev–Trinajstić information content (AvgIpc) is 2.42. The maximum atomic E-state index is 13.1. The van der Waals surface area contributed by atoms with Crippen molar-refractivity contribution in [3.05, 3.63) is 57.6 Å². The molecule has 0 aliphatic heterocycles. The van der Waals surface area contributed by atoms with E-state index < -0.39 is 5.97 Å². The molecule has 2 N–H and O–H groups in total. The molecule has 0 saturated carbocycles. The number of hydrogen-bond donors (Lipinski definition) is 1. The van der Waals surface area contributed by atoms with Crippen molar-refractivity contribution in [3.63, 3.8) is 0 Å². The summed E-state index contributed by atoms with van der Waals surface area (Å²) in [5, 5.41) is 0. The highest BCUT2D eigenvalue weighted by Gasteiger charge is 2.12. The second-order valence-electron chi connectivity index (χ2n) is 4.23. The summed E-state index contributed by atoms with van der Waals surface area (Å²) in [7, 11) is 0. The van der Waals surface area contributed by atoms with Crippen molar-refractivity contribution in [2.75, 3.05) is 5.73 Å². The summed E-state index contributed by atoms with van der Waals surface area (Å²) in [6.07, 6.45) is 1.48. The van der Waals surface area contributed by atoms with Gasteiger partial charge in [0.25, 0.3) is 0 Å². The molecule has 104 valence electrons. The predicted octanol–water partition coefficient (Wildman–Crippen LogP) is 3.23. The fourth-order valence-corrected chi connectivity index (χ4v) is 2.04. The summed E-state index contributed by atoms with van der Waals surface area (Å²) < 4.78 is 18.6. The number of esters is 1. The molecule has 0 atom stereocenters. The van der Waals surface area contributed by atoms with Gasteiger partial charge in [0.05, 0.1) is 27.6 Å². The van der Waals surface area contributed by atoms with Gasteiger partial charge in [0.2, 0.25) is 0 Å². The maximum Gasteiger partial charge on any atom is 0.340 e. The van der Waals surface area contributed by atoms with Gasteiger partial charge in [-0.25, -0.2) is 9.18 Å². The molecule has 0 bridgehead atoms. The topological polar surface area (TPSA) is 65.2 Å². The first-order valence-electron chi connectivity index (χ1n) is 5.80. The van der Waals surface area contributed by atoms with Crippen LogP contribution in [-0.4, -0.2) is 11.0 Å². The summed E-state index contributed by atoms with van der Waals surface area (Å²) in [6, 6.07) is 5.94. The van der Waals surface area contributed by atoms with Gasteiger partial charge in [-0.05, 0) is 46.6 Å². The van der Waals surface area contributed by atoms with Crippen LogP contribution in [-0.2, 0) is 11.3 Å². The fraction of sp³-hybridized carbons (Fsp3) is 0.143. The minimum Gasteiger partial charge on any atom is -0.457 e. The molecule has 0 unspecified atom stereocenters.